The van der Waals surface area contributed by atoms with E-state index in [4.69, 9.17) is 0 Å². The molecule has 3 heteroatoms. The largest absolute Gasteiger partial charge is 0.310 e. The van der Waals surface area contributed by atoms with Crippen LogP contribution >= 0.6 is 0 Å². The van der Waals surface area contributed by atoms with Crippen LogP contribution in [-0.2, 0) is 6.42 Å². The van der Waals surface area contributed by atoms with Gasteiger partial charge in [0.05, 0.1) is 0 Å². The summed E-state index contributed by atoms with van der Waals surface area (Å²) in [5.74, 6) is -1.04. The maximum Gasteiger partial charge on any atom is 0.130 e. The summed E-state index contributed by atoms with van der Waals surface area (Å²) in [5, 5.41) is 3.26. The van der Waals surface area contributed by atoms with Gasteiger partial charge in [0.2, 0.25) is 0 Å². The third-order valence-electron chi connectivity index (χ3n) is 3.38. The molecule has 0 heterocycles. The second kappa shape index (κ2) is 6.62. The van der Waals surface area contributed by atoms with Crippen LogP contribution in [-0.4, -0.2) is 6.54 Å². The summed E-state index contributed by atoms with van der Waals surface area (Å²) in [4.78, 5) is 0. The molecule has 2 aromatic rings. The summed E-state index contributed by atoms with van der Waals surface area (Å²) in [7, 11) is 0. The predicted molar refractivity (Wildman–Crippen MR) is 77.7 cm³/mol. The van der Waals surface area contributed by atoms with Crippen LogP contribution in [0.1, 0.15) is 29.7 Å². The Kier molecular flexibility index (Phi) is 4.85. The van der Waals surface area contributed by atoms with E-state index >= 15 is 0 Å². The molecule has 0 fully saturated rings. The molecule has 0 amide bonds. The fourth-order valence-corrected chi connectivity index (χ4v) is 2.26. The third-order valence-corrected chi connectivity index (χ3v) is 3.38. The smallest absolute Gasteiger partial charge is 0.130 e. The van der Waals surface area contributed by atoms with Crippen LogP contribution in [0.5, 0.6) is 0 Å². The highest BCUT2D eigenvalue weighted by Crippen LogP contribution is 2.17. The van der Waals surface area contributed by atoms with Crippen LogP contribution < -0.4 is 5.32 Å². The second-order valence-electron chi connectivity index (χ2n) is 5.08. The van der Waals surface area contributed by atoms with Crippen molar-refractivity contribution in [1.82, 2.24) is 5.32 Å². The summed E-state index contributed by atoms with van der Waals surface area (Å²) in [6.07, 6.45) is 0.884. The zero-order chi connectivity index (χ0) is 14.5. The number of hydrogen-bond donors (Lipinski definition) is 1. The predicted octanol–water partition coefficient (Wildman–Crippen LogP) is 4.17. The van der Waals surface area contributed by atoms with Crippen molar-refractivity contribution in [3.05, 3.63) is 70.8 Å². The standard InChI is InChI=1S/C17H19F2N/c1-12-4-3-5-14(10-12)8-9-20-13(2)16-7-6-15(18)11-17(16)19/h3-7,10-11,13,20H,8-9H2,1-2H3. The van der Waals surface area contributed by atoms with E-state index in [2.05, 4.69) is 30.4 Å². The quantitative estimate of drug-likeness (QED) is 0.863. The first kappa shape index (κ1) is 14.7. The van der Waals surface area contributed by atoms with E-state index in [0.717, 1.165) is 19.0 Å². The zero-order valence-corrected chi connectivity index (χ0v) is 11.8. The Bertz CT molecular complexity index is 581. The van der Waals surface area contributed by atoms with Gasteiger partial charge in [-0.1, -0.05) is 35.9 Å². The summed E-state index contributed by atoms with van der Waals surface area (Å²) >= 11 is 0. The minimum Gasteiger partial charge on any atom is -0.310 e. The van der Waals surface area contributed by atoms with Crippen LogP contribution in [0.25, 0.3) is 0 Å². The topological polar surface area (TPSA) is 12.0 Å². The number of nitrogens with one attached hydrogen (secondary N) is 1. The number of aryl methyl sites for hydroxylation is 1. The molecule has 2 aromatic carbocycles. The van der Waals surface area contributed by atoms with Crippen molar-refractivity contribution in [2.45, 2.75) is 26.3 Å². The second-order valence-corrected chi connectivity index (χ2v) is 5.08. The maximum absolute atomic E-state index is 13.6. The van der Waals surface area contributed by atoms with Gasteiger partial charge in [0.1, 0.15) is 11.6 Å². The van der Waals surface area contributed by atoms with Crippen LogP contribution in [0.2, 0.25) is 0 Å². The van der Waals surface area contributed by atoms with Gasteiger partial charge in [-0.3, -0.25) is 0 Å². The maximum atomic E-state index is 13.6. The van der Waals surface area contributed by atoms with Crippen molar-refractivity contribution in [1.29, 1.82) is 0 Å². The van der Waals surface area contributed by atoms with Gasteiger partial charge in [-0.15, -0.1) is 0 Å². The fourth-order valence-electron chi connectivity index (χ4n) is 2.26. The molecule has 0 bridgehead atoms. The van der Waals surface area contributed by atoms with Crippen LogP contribution in [0, 0.1) is 18.6 Å². The molecule has 0 aliphatic heterocycles. The molecule has 0 spiro atoms. The molecule has 0 radical (unpaired) electrons. The van der Waals surface area contributed by atoms with Gasteiger partial charge in [0.25, 0.3) is 0 Å². The molecular weight excluding hydrogens is 256 g/mol. The number of benzene rings is 2. The van der Waals surface area contributed by atoms with Gasteiger partial charge in [0, 0.05) is 17.7 Å². The lowest BCUT2D eigenvalue weighted by molar-refractivity contribution is 0.520. The Morgan fingerprint density at radius 2 is 1.90 bits per heavy atom. The Morgan fingerprint density at radius 1 is 1.10 bits per heavy atom. The highest BCUT2D eigenvalue weighted by Gasteiger charge is 2.10. The molecule has 0 saturated heterocycles. The highest BCUT2D eigenvalue weighted by molar-refractivity contribution is 5.23. The minimum atomic E-state index is -0.543. The van der Waals surface area contributed by atoms with Crippen molar-refractivity contribution in [2.75, 3.05) is 6.54 Å². The van der Waals surface area contributed by atoms with Gasteiger partial charge >= 0.3 is 0 Å². The van der Waals surface area contributed by atoms with E-state index in [1.54, 1.807) is 0 Å². The molecule has 1 N–H and O–H groups in total. The van der Waals surface area contributed by atoms with E-state index < -0.39 is 11.6 Å². The molecule has 1 unspecified atom stereocenters. The Hall–Kier alpha value is -1.74. The van der Waals surface area contributed by atoms with Gasteiger partial charge in [-0.2, -0.15) is 0 Å². The van der Waals surface area contributed by atoms with Crippen molar-refractivity contribution >= 4 is 0 Å². The van der Waals surface area contributed by atoms with Gasteiger partial charge in [-0.05, 0) is 38.4 Å². The average molecular weight is 275 g/mol. The molecule has 1 atom stereocenters. The van der Waals surface area contributed by atoms with Gasteiger partial charge in [-0.25, -0.2) is 8.78 Å². The van der Waals surface area contributed by atoms with E-state index in [1.165, 1.54) is 23.3 Å². The first-order valence-electron chi connectivity index (χ1n) is 6.80. The van der Waals surface area contributed by atoms with Crippen molar-refractivity contribution in [2.24, 2.45) is 0 Å². The summed E-state index contributed by atoms with van der Waals surface area (Å²) in [6, 6.07) is 11.9. The van der Waals surface area contributed by atoms with Crippen molar-refractivity contribution in [3.8, 4) is 0 Å². The normalized spacial score (nSPS) is 12.4. The Balaban J connectivity index is 1.90. The van der Waals surface area contributed by atoms with Crippen LogP contribution in [0.3, 0.4) is 0 Å². The van der Waals surface area contributed by atoms with Gasteiger partial charge in [0.15, 0.2) is 0 Å². The SMILES string of the molecule is Cc1cccc(CCNC(C)c2ccc(F)cc2F)c1. The lowest BCUT2D eigenvalue weighted by Gasteiger charge is -2.15. The number of rotatable bonds is 5. The van der Waals surface area contributed by atoms with Crippen molar-refractivity contribution in [3.63, 3.8) is 0 Å². The molecule has 2 rings (SSSR count). The van der Waals surface area contributed by atoms with E-state index in [-0.39, 0.29) is 6.04 Å². The lowest BCUT2D eigenvalue weighted by Crippen LogP contribution is -2.22. The van der Waals surface area contributed by atoms with E-state index in [0.29, 0.717) is 5.56 Å². The molecular formula is C17H19F2N. The lowest BCUT2D eigenvalue weighted by atomic mass is 10.1. The average Bonchev–Trinajstić information content (AvgIpc) is 2.38. The summed E-state index contributed by atoms with van der Waals surface area (Å²) in [5.41, 5.74) is 2.99. The molecule has 20 heavy (non-hydrogen) atoms. The molecule has 0 aromatic heterocycles. The Labute approximate surface area is 118 Å². The van der Waals surface area contributed by atoms with Gasteiger partial charge < -0.3 is 5.32 Å². The number of halogens is 2. The van der Waals surface area contributed by atoms with Crippen molar-refractivity contribution < 1.29 is 8.78 Å². The number of hydrogen-bond acceptors (Lipinski definition) is 1. The van der Waals surface area contributed by atoms with E-state index in [9.17, 15) is 8.78 Å². The molecule has 106 valence electrons. The van der Waals surface area contributed by atoms with E-state index in [1.807, 2.05) is 13.0 Å². The van der Waals surface area contributed by atoms with Crippen LogP contribution in [0.4, 0.5) is 8.78 Å². The monoisotopic (exact) mass is 275 g/mol. The molecule has 0 aliphatic carbocycles. The summed E-state index contributed by atoms with van der Waals surface area (Å²) < 4.78 is 26.5. The Morgan fingerprint density at radius 3 is 2.60 bits per heavy atom. The third kappa shape index (κ3) is 3.87. The van der Waals surface area contributed by atoms with Crippen LogP contribution in [0.15, 0.2) is 42.5 Å². The summed E-state index contributed by atoms with van der Waals surface area (Å²) in [6.45, 7) is 4.70. The minimum absolute atomic E-state index is 0.139. The highest BCUT2D eigenvalue weighted by atomic mass is 19.1. The first-order chi connectivity index (χ1) is 9.56. The molecule has 1 nitrogen and oxygen atoms in total. The molecule has 0 saturated carbocycles. The first-order valence-corrected chi connectivity index (χ1v) is 6.80. The fraction of sp³-hybridized carbons (Fsp3) is 0.294. The zero-order valence-electron chi connectivity index (χ0n) is 11.8. The molecule has 0 aliphatic rings.